The van der Waals surface area contributed by atoms with E-state index < -0.39 is 31.8 Å². The molecule has 0 fully saturated rings. The van der Waals surface area contributed by atoms with Gasteiger partial charge in [-0.3, -0.25) is 30.3 Å². The van der Waals surface area contributed by atoms with E-state index in [-0.39, 0.29) is 17.5 Å². The molecule has 0 spiro atoms. The van der Waals surface area contributed by atoms with Gasteiger partial charge in [0.05, 0.1) is 14.8 Å². The van der Waals surface area contributed by atoms with Crippen molar-refractivity contribution in [2.45, 2.75) is 13.3 Å². The van der Waals surface area contributed by atoms with Gasteiger partial charge < -0.3 is 0 Å². The summed E-state index contributed by atoms with van der Waals surface area (Å²) < 4.78 is 0. The average Bonchev–Trinajstić information content (AvgIpc) is 2.26. The maximum absolute atomic E-state index is 10.9. The Morgan fingerprint density at radius 2 is 1.56 bits per heavy atom. The van der Waals surface area contributed by atoms with Crippen LogP contribution in [0.15, 0.2) is 6.07 Å². The SMILES string of the molecule is [CH2]c1cc([N+](=O)[O-])c([N+](=O)[O-])c([N+](=O)[O-])c1CC. The van der Waals surface area contributed by atoms with Gasteiger partial charge in [0.1, 0.15) is 0 Å². The fourth-order valence-corrected chi connectivity index (χ4v) is 1.65. The van der Waals surface area contributed by atoms with Gasteiger partial charge in [0.15, 0.2) is 0 Å². The molecule has 9 heteroatoms. The lowest BCUT2D eigenvalue weighted by atomic mass is 10.0. The fourth-order valence-electron chi connectivity index (χ4n) is 1.65. The van der Waals surface area contributed by atoms with Gasteiger partial charge >= 0.3 is 17.1 Å². The number of rotatable bonds is 4. The lowest BCUT2D eigenvalue weighted by Crippen LogP contribution is -2.06. The van der Waals surface area contributed by atoms with E-state index in [1.165, 1.54) is 0 Å². The monoisotopic (exact) mass is 254 g/mol. The molecule has 0 aromatic heterocycles. The maximum atomic E-state index is 10.9. The van der Waals surface area contributed by atoms with Crippen LogP contribution >= 0.6 is 0 Å². The van der Waals surface area contributed by atoms with Gasteiger partial charge in [0, 0.05) is 11.6 Å². The molecule has 0 amide bonds. The summed E-state index contributed by atoms with van der Waals surface area (Å²) in [6, 6.07) is 0.879. The van der Waals surface area contributed by atoms with E-state index in [0.29, 0.717) is 0 Å². The van der Waals surface area contributed by atoms with Crippen LogP contribution in [0.25, 0.3) is 0 Å². The van der Waals surface area contributed by atoms with Crippen LogP contribution in [0.1, 0.15) is 18.1 Å². The van der Waals surface area contributed by atoms with Crippen molar-refractivity contribution in [2.24, 2.45) is 0 Å². The molecule has 95 valence electrons. The number of hydrogen-bond donors (Lipinski definition) is 0. The second kappa shape index (κ2) is 4.73. The van der Waals surface area contributed by atoms with Gasteiger partial charge in [-0.25, -0.2) is 0 Å². The van der Waals surface area contributed by atoms with Crippen molar-refractivity contribution in [3.8, 4) is 0 Å². The normalized spacial score (nSPS) is 10.1. The Kier molecular flexibility index (Phi) is 3.55. The third-order valence-electron chi connectivity index (χ3n) is 2.37. The molecule has 9 nitrogen and oxygen atoms in total. The molecule has 0 saturated heterocycles. The van der Waals surface area contributed by atoms with Crippen LogP contribution < -0.4 is 0 Å². The third-order valence-corrected chi connectivity index (χ3v) is 2.37. The molecule has 1 radical (unpaired) electrons. The van der Waals surface area contributed by atoms with Crippen LogP contribution in [0, 0.1) is 37.3 Å². The first-order chi connectivity index (χ1) is 8.31. The number of nitro benzene ring substituents is 3. The van der Waals surface area contributed by atoms with Crippen molar-refractivity contribution in [1.29, 1.82) is 0 Å². The smallest absolute Gasteiger partial charge is 0.258 e. The van der Waals surface area contributed by atoms with Crippen molar-refractivity contribution in [2.75, 3.05) is 0 Å². The molecule has 0 heterocycles. The summed E-state index contributed by atoms with van der Waals surface area (Å²) in [5, 5.41) is 32.4. The topological polar surface area (TPSA) is 129 Å². The Hall–Kier alpha value is -2.58. The van der Waals surface area contributed by atoms with Crippen LogP contribution in [0.4, 0.5) is 17.1 Å². The summed E-state index contributed by atoms with van der Waals surface area (Å²) in [6.45, 7) is 4.99. The number of hydrogen-bond acceptors (Lipinski definition) is 6. The molecule has 18 heavy (non-hydrogen) atoms. The van der Waals surface area contributed by atoms with Gasteiger partial charge in [-0.1, -0.05) is 6.92 Å². The molecule has 0 aliphatic rings. The third kappa shape index (κ3) is 2.10. The zero-order chi connectivity index (χ0) is 14.0. The summed E-state index contributed by atoms with van der Waals surface area (Å²) >= 11 is 0. The van der Waals surface area contributed by atoms with Crippen molar-refractivity contribution in [3.05, 3.63) is 54.5 Å². The standard InChI is InChI=1S/C9H8N3O6/c1-3-6-5(2)4-7(10(13)14)9(12(17)18)8(6)11(15)16/h4H,2-3H2,1H3. The zero-order valence-corrected chi connectivity index (χ0v) is 9.28. The first-order valence-electron chi connectivity index (χ1n) is 4.76. The number of benzene rings is 1. The molecule has 0 aliphatic carbocycles. The minimum atomic E-state index is -1.12. The largest absolute Gasteiger partial charge is 0.422 e. The lowest BCUT2D eigenvalue weighted by molar-refractivity contribution is -0.441. The summed E-state index contributed by atoms with van der Waals surface area (Å²) in [5.74, 6) is 0. The van der Waals surface area contributed by atoms with Crippen LogP contribution in [0.3, 0.4) is 0 Å². The van der Waals surface area contributed by atoms with E-state index in [1.54, 1.807) is 6.92 Å². The number of nitrogens with zero attached hydrogens (tertiary/aromatic N) is 3. The van der Waals surface area contributed by atoms with E-state index in [2.05, 4.69) is 6.92 Å². The van der Waals surface area contributed by atoms with E-state index in [9.17, 15) is 30.3 Å². The summed E-state index contributed by atoms with van der Waals surface area (Å²) in [5.41, 5.74) is -2.82. The quantitative estimate of drug-likeness (QED) is 0.597. The van der Waals surface area contributed by atoms with Crippen molar-refractivity contribution in [1.82, 2.24) is 0 Å². The average molecular weight is 254 g/mol. The van der Waals surface area contributed by atoms with Crippen LogP contribution in [-0.2, 0) is 6.42 Å². The van der Waals surface area contributed by atoms with E-state index in [0.717, 1.165) is 6.07 Å². The van der Waals surface area contributed by atoms with E-state index in [4.69, 9.17) is 0 Å². The Labute approximate surface area is 100 Å². The Bertz CT molecular complexity index is 554. The molecule has 1 rings (SSSR count). The molecule has 1 aromatic rings. The first kappa shape index (κ1) is 13.5. The predicted molar refractivity (Wildman–Crippen MR) is 60.2 cm³/mol. The van der Waals surface area contributed by atoms with Gasteiger partial charge in [-0.2, -0.15) is 0 Å². The molecular formula is C9H8N3O6. The second-order valence-corrected chi connectivity index (χ2v) is 3.36. The molecule has 0 N–H and O–H groups in total. The van der Waals surface area contributed by atoms with Crippen molar-refractivity contribution >= 4 is 17.1 Å². The van der Waals surface area contributed by atoms with E-state index in [1.807, 2.05) is 0 Å². The van der Waals surface area contributed by atoms with Gasteiger partial charge in [0.25, 0.3) is 0 Å². The van der Waals surface area contributed by atoms with E-state index >= 15 is 0 Å². The Morgan fingerprint density at radius 3 is 1.89 bits per heavy atom. The van der Waals surface area contributed by atoms with Gasteiger partial charge in [-0.05, 0) is 18.9 Å². The zero-order valence-electron chi connectivity index (χ0n) is 9.28. The van der Waals surface area contributed by atoms with Crippen LogP contribution in [-0.4, -0.2) is 14.8 Å². The van der Waals surface area contributed by atoms with Gasteiger partial charge in [0.2, 0.25) is 0 Å². The highest BCUT2D eigenvalue weighted by Crippen LogP contribution is 2.40. The Balaban J connectivity index is 3.86. The minimum absolute atomic E-state index is 0.0253. The Morgan fingerprint density at radius 1 is 1.06 bits per heavy atom. The van der Waals surface area contributed by atoms with Crippen molar-refractivity contribution < 1.29 is 14.8 Å². The van der Waals surface area contributed by atoms with Crippen LogP contribution in [0.2, 0.25) is 0 Å². The molecule has 0 atom stereocenters. The molecule has 0 bridgehead atoms. The molecule has 1 aromatic carbocycles. The molecular weight excluding hydrogens is 246 g/mol. The second-order valence-electron chi connectivity index (χ2n) is 3.36. The predicted octanol–water partition coefficient (Wildman–Crippen LogP) is 2.16. The summed E-state index contributed by atoms with van der Waals surface area (Å²) in [4.78, 5) is 29.3. The number of nitro groups is 3. The minimum Gasteiger partial charge on any atom is -0.258 e. The molecule has 0 unspecified atom stereocenters. The first-order valence-corrected chi connectivity index (χ1v) is 4.76. The maximum Gasteiger partial charge on any atom is 0.422 e. The molecule has 0 aliphatic heterocycles. The fraction of sp³-hybridized carbons (Fsp3) is 0.222. The van der Waals surface area contributed by atoms with Gasteiger partial charge in [-0.15, -0.1) is 0 Å². The highest BCUT2D eigenvalue weighted by atomic mass is 16.6. The highest BCUT2D eigenvalue weighted by Gasteiger charge is 2.39. The highest BCUT2D eigenvalue weighted by molar-refractivity contribution is 5.71. The van der Waals surface area contributed by atoms with Crippen LogP contribution in [0.5, 0.6) is 0 Å². The lowest BCUT2D eigenvalue weighted by Gasteiger charge is -2.05. The molecule has 0 saturated carbocycles. The summed E-state index contributed by atoms with van der Waals surface area (Å²) in [6.07, 6.45) is 0.119. The van der Waals surface area contributed by atoms with Crippen molar-refractivity contribution in [3.63, 3.8) is 0 Å². The summed E-state index contributed by atoms with van der Waals surface area (Å²) in [7, 11) is 0.